The third kappa shape index (κ3) is 4.14. The SMILES string of the molecule is COCON1C(=O)C(c2c(Cl)cccc2Cl)=C(OC(=O)C(C)(C)C)C1(C)C. The number of benzene rings is 1. The van der Waals surface area contributed by atoms with Gasteiger partial charge >= 0.3 is 5.97 Å². The molecule has 0 aliphatic carbocycles. The van der Waals surface area contributed by atoms with Crippen molar-refractivity contribution in [2.24, 2.45) is 5.41 Å². The number of ether oxygens (including phenoxy) is 2. The largest absolute Gasteiger partial charge is 0.427 e. The molecular formula is C19H23Cl2NO5. The second-order valence-corrected chi connectivity index (χ2v) is 8.45. The number of hydroxylamine groups is 2. The lowest BCUT2D eigenvalue weighted by molar-refractivity contribution is -0.239. The molecule has 0 spiro atoms. The predicted octanol–water partition coefficient (Wildman–Crippen LogP) is 4.45. The molecule has 148 valence electrons. The van der Waals surface area contributed by atoms with Crippen molar-refractivity contribution in [3.63, 3.8) is 0 Å². The molecule has 6 nitrogen and oxygen atoms in total. The normalized spacial score (nSPS) is 16.9. The number of rotatable bonds is 5. The monoisotopic (exact) mass is 415 g/mol. The molecule has 1 amide bonds. The molecule has 1 aliphatic heterocycles. The van der Waals surface area contributed by atoms with Crippen LogP contribution < -0.4 is 0 Å². The Bertz CT molecular complexity index is 776. The van der Waals surface area contributed by atoms with Crippen molar-refractivity contribution in [2.45, 2.75) is 40.2 Å². The highest BCUT2D eigenvalue weighted by Crippen LogP contribution is 2.45. The van der Waals surface area contributed by atoms with Gasteiger partial charge in [0, 0.05) is 12.7 Å². The zero-order valence-electron chi connectivity index (χ0n) is 16.2. The highest BCUT2D eigenvalue weighted by molar-refractivity contribution is 6.41. The summed E-state index contributed by atoms with van der Waals surface area (Å²) in [6.45, 7) is 8.41. The van der Waals surface area contributed by atoms with Crippen molar-refractivity contribution in [3.8, 4) is 0 Å². The van der Waals surface area contributed by atoms with Crippen LogP contribution in [0.5, 0.6) is 0 Å². The molecule has 0 saturated carbocycles. The second kappa shape index (κ2) is 7.80. The molecule has 0 bridgehead atoms. The van der Waals surface area contributed by atoms with Crippen molar-refractivity contribution >= 4 is 40.7 Å². The van der Waals surface area contributed by atoms with Crippen molar-refractivity contribution in [1.82, 2.24) is 5.06 Å². The number of methoxy groups -OCH3 is 1. The Hall–Kier alpha value is -1.60. The van der Waals surface area contributed by atoms with E-state index in [-0.39, 0.29) is 28.2 Å². The molecule has 1 aromatic rings. The summed E-state index contributed by atoms with van der Waals surface area (Å²) in [7, 11) is 1.44. The van der Waals surface area contributed by atoms with Crippen LogP contribution in [0.1, 0.15) is 40.2 Å². The van der Waals surface area contributed by atoms with Gasteiger partial charge in [0.25, 0.3) is 5.91 Å². The molecule has 0 atom stereocenters. The quantitative estimate of drug-likeness (QED) is 0.524. The molecule has 0 unspecified atom stereocenters. The molecule has 1 heterocycles. The average molecular weight is 416 g/mol. The minimum absolute atomic E-state index is 0.0873. The lowest BCUT2D eigenvalue weighted by Gasteiger charge is -2.32. The topological polar surface area (TPSA) is 65.1 Å². The Kier molecular flexibility index (Phi) is 6.26. The summed E-state index contributed by atoms with van der Waals surface area (Å²) in [6, 6.07) is 4.88. The number of hydrogen-bond donors (Lipinski definition) is 0. The molecular weight excluding hydrogens is 393 g/mol. The van der Waals surface area contributed by atoms with Crippen molar-refractivity contribution < 1.29 is 23.9 Å². The Morgan fingerprint density at radius 3 is 2.22 bits per heavy atom. The van der Waals surface area contributed by atoms with Gasteiger partial charge in [0.2, 0.25) is 0 Å². The Balaban J connectivity index is 2.67. The van der Waals surface area contributed by atoms with E-state index in [0.29, 0.717) is 5.56 Å². The molecule has 8 heteroatoms. The molecule has 27 heavy (non-hydrogen) atoms. The first-order valence-electron chi connectivity index (χ1n) is 8.30. The third-order valence-corrected chi connectivity index (χ3v) is 4.64. The smallest absolute Gasteiger partial charge is 0.316 e. The summed E-state index contributed by atoms with van der Waals surface area (Å²) in [5, 5.41) is 1.63. The van der Waals surface area contributed by atoms with Crippen LogP contribution in [0.15, 0.2) is 24.0 Å². The Labute approximate surface area is 168 Å². The van der Waals surface area contributed by atoms with Crippen LogP contribution in [0.3, 0.4) is 0 Å². The average Bonchev–Trinajstić information content (AvgIpc) is 2.72. The minimum Gasteiger partial charge on any atom is -0.427 e. The van der Waals surface area contributed by atoms with Gasteiger partial charge in [-0.15, -0.1) is 0 Å². The number of nitrogens with zero attached hydrogens (tertiary/aromatic N) is 1. The zero-order chi connectivity index (χ0) is 20.6. The fourth-order valence-electron chi connectivity index (χ4n) is 2.55. The summed E-state index contributed by atoms with van der Waals surface area (Å²) >= 11 is 12.6. The molecule has 1 aromatic carbocycles. The standard InChI is InChI=1S/C19H23Cl2NO5/c1-18(2,3)17(24)27-15-14(13-11(20)8-7-9-12(13)21)16(23)22(19(15,4)5)26-10-25-6/h7-9H,10H2,1-6H3. The van der Waals surface area contributed by atoms with Gasteiger partial charge in [0.1, 0.15) is 11.3 Å². The maximum atomic E-state index is 13.2. The van der Waals surface area contributed by atoms with E-state index in [4.69, 9.17) is 37.5 Å². The van der Waals surface area contributed by atoms with Crippen LogP contribution in [0.25, 0.3) is 5.57 Å². The highest BCUT2D eigenvalue weighted by atomic mass is 35.5. The van der Waals surface area contributed by atoms with E-state index in [1.807, 2.05) is 0 Å². The fraction of sp³-hybridized carbons (Fsp3) is 0.474. The third-order valence-electron chi connectivity index (χ3n) is 4.01. The molecule has 0 fully saturated rings. The number of carbonyl (C=O) groups excluding carboxylic acids is 2. The molecule has 0 saturated heterocycles. The van der Waals surface area contributed by atoms with E-state index < -0.39 is 22.8 Å². The molecule has 2 rings (SSSR count). The van der Waals surface area contributed by atoms with Gasteiger partial charge in [-0.1, -0.05) is 29.3 Å². The summed E-state index contributed by atoms with van der Waals surface area (Å²) < 4.78 is 10.6. The van der Waals surface area contributed by atoms with Crippen molar-refractivity contribution in [3.05, 3.63) is 39.6 Å². The predicted molar refractivity (Wildman–Crippen MR) is 103 cm³/mol. The van der Waals surface area contributed by atoms with Gasteiger partial charge in [0.05, 0.1) is 21.0 Å². The molecule has 1 aliphatic rings. The van der Waals surface area contributed by atoms with Crippen LogP contribution in [-0.2, 0) is 23.9 Å². The highest BCUT2D eigenvalue weighted by Gasteiger charge is 2.51. The van der Waals surface area contributed by atoms with E-state index in [1.54, 1.807) is 52.8 Å². The number of hydrogen-bond acceptors (Lipinski definition) is 5. The number of esters is 1. The van der Waals surface area contributed by atoms with E-state index in [9.17, 15) is 9.59 Å². The van der Waals surface area contributed by atoms with Gasteiger partial charge < -0.3 is 9.47 Å². The summed E-state index contributed by atoms with van der Waals surface area (Å²) in [5.74, 6) is -0.894. The van der Waals surface area contributed by atoms with Crippen LogP contribution >= 0.6 is 23.2 Å². The van der Waals surface area contributed by atoms with Crippen LogP contribution in [0, 0.1) is 5.41 Å². The number of carbonyl (C=O) groups is 2. The van der Waals surface area contributed by atoms with Gasteiger partial charge in [-0.05, 0) is 46.8 Å². The van der Waals surface area contributed by atoms with Crippen LogP contribution in [0.4, 0.5) is 0 Å². The van der Waals surface area contributed by atoms with Crippen LogP contribution in [0.2, 0.25) is 10.0 Å². The van der Waals surface area contributed by atoms with Gasteiger partial charge in [-0.2, -0.15) is 0 Å². The maximum absolute atomic E-state index is 13.2. The van der Waals surface area contributed by atoms with E-state index >= 15 is 0 Å². The fourth-order valence-corrected chi connectivity index (χ4v) is 3.14. The first kappa shape index (κ1) is 21.7. The Morgan fingerprint density at radius 2 is 1.74 bits per heavy atom. The van der Waals surface area contributed by atoms with E-state index in [2.05, 4.69) is 0 Å². The molecule has 0 aromatic heterocycles. The van der Waals surface area contributed by atoms with Crippen molar-refractivity contribution in [1.29, 1.82) is 0 Å². The van der Waals surface area contributed by atoms with E-state index in [0.717, 1.165) is 5.06 Å². The lowest BCUT2D eigenvalue weighted by Crippen LogP contribution is -2.45. The van der Waals surface area contributed by atoms with Gasteiger partial charge in [0.15, 0.2) is 6.79 Å². The zero-order valence-corrected chi connectivity index (χ0v) is 17.7. The van der Waals surface area contributed by atoms with Crippen LogP contribution in [-0.4, -0.2) is 36.4 Å². The number of amides is 1. The first-order valence-corrected chi connectivity index (χ1v) is 9.06. The van der Waals surface area contributed by atoms with Gasteiger partial charge in [-0.25, -0.2) is 9.90 Å². The molecule has 0 N–H and O–H groups in total. The second-order valence-electron chi connectivity index (χ2n) is 7.63. The Morgan fingerprint density at radius 1 is 1.19 bits per heavy atom. The van der Waals surface area contributed by atoms with Gasteiger partial charge in [-0.3, -0.25) is 9.59 Å². The number of halogens is 2. The summed E-state index contributed by atoms with van der Waals surface area (Å²) in [5.41, 5.74) is -1.49. The lowest BCUT2D eigenvalue weighted by atomic mass is 9.95. The minimum atomic E-state index is -1.09. The summed E-state index contributed by atoms with van der Waals surface area (Å²) in [4.78, 5) is 31.2. The maximum Gasteiger partial charge on any atom is 0.316 e. The van der Waals surface area contributed by atoms with E-state index in [1.165, 1.54) is 7.11 Å². The first-order chi connectivity index (χ1) is 12.4. The summed E-state index contributed by atoms with van der Waals surface area (Å²) in [6.07, 6.45) is 0. The molecule has 0 radical (unpaired) electrons. The van der Waals surface area contributed by atoms with Crippen molar-refractivity contribution in [2.75, 3.05) is 13.9 Å².